The fourth-order valence-corrected chi connectivity index (χ4v) is 2.13. The Morgan fingerprint density at radius 1 is 1.39 bits per heavy atom. The van der Waals surface area contributed by atoms with Crippen molar-refractivity contribution in [1.82, 2.24) is 19.1 Å². The van der Waals surface area contributed by atoms with Crippen molar-refractivity contribution in [1.29, 1.82) is 0 Å². The van der Waals surface area contributed by atoms with Gasteiger partial charge in [0, 0.05) is 20.0 Å². The molecule has 0 bridgehead atoms. The zero-order valence-corrected chi connectivity index (χ0v) is 11.5. The molecule has 0 aromatic carbocycles. The molecule has 2 heterocycles. The van der Waals surface area contributed by atoms with Crippen LogP contribution in [0.5, 0.6) is 0 Å². The normalized spacial score (nSPS) is 11.4. The Hall–Kier alpha value is -1.78. The molecule has 2 aromatic rings. The van der Waals surface area contributed by atoms with Crippen LogP contribution in [0.15, 0.2) is 12.5 Å². The van der Waals surface area contributed by atoms with Crippen molar-refractivity contribution in [3.63, 3.8) is 0 Å². The fourth-order valence-electron chi connectivity index (χ4n) is 2.13. The first-order valence-corrected chi connectivity index (χ1v) is 6.36. The Morgan fingerprint density at radius 2 is 2.11 bits per heavy atom. The smallest absolute Gasteiger partial charge is 0.133 e. The number of hydrogen-bond donors (Lipinski definition) is 1. The van der Waals surface area contributed by atoms with E-state index in [9.17, 15) is 0 Å². The van der Waals surface area contributed by atoms with Gasteiger partial charge in [-0.05, 0) is 5.92 Å². The summed E-state index contributed by atoms with van der Waals surface area (Å²) in [6.45, 7) is 7.37. The molecule has 0 spiro atoms. The minimum absolute atomic E-state index is 0.547. The number of rotatable bonds is 4. The summed E-state index contributed by atoms with van der Waals surface area (Å²) in [6, 6.07) is 0. The Bertz CT molecular complexity index is 536. The highest BCUT2D eigenvalue weighted by Crippen LogP contribution is 2.26. The Kier molecular flexibility index (Phi) is 3.41. The van der Waals surface area contributed by atoms with Crippen molar-refractivity contribution < 1.29 is 0 Å². The molecule has 0 radical (unpaired) electrons. The second-order valence-electron chi connectivity index (χ2n) is 5.01. The van der Waals surface area contributed by atoms with E-state index < -0.39 is 0 Å². The Morgan fingerprint density at radius 3 is 2.61 bits per heavy atom. The van der Waals surface area contributed by atoms with Crippen LogP contribution in [0.4, 0.5) is 5.82 Å². The highest BCUT2D eigenvalue weighted by molar-refractivity contribution is 5.67. The highest BCUT2D eigenvalue weighted by atomic mass is 15.2. The van der Waals surface area contributed by atoms with Gasteiger partial charge < -0.3 is 14.9 Å². The summed E-state index contributed by atoms with van der Waals surface area (Å²) in [4.78, 5) is 8.78. The second kappa shape index (κ2) is 4.84. The van der Waals surface area contributed by atoms with E-state index in [0.29, 0.717) is 5.92 Å². The van der Waals surface area contributed by atoms with Crippen molar-refractivity contribution in [3.8, 4) is 11.4 Å². The van der Waals surface area contributed by atoms with Crippen molar-refractivity contribution >= 4 is 5.82 Å². The molecule has 5 nitrogen and oxygen atoms in total. The van der Waals surface area contributed by atoms with Gasteiger partial charge in [0.1, 0.15) is 17.3 Å². The van der Waals surface area contributed by atoms with Crippen LogP contribution in [-0.4, -0.2) is 19.1 Å². The van der Waals surface area contributed by atoms with Gasteiger partial charge >= 0.3 is 0 Å². The molecule has 98 valence electrons. The van der Waals surface area contributed by atoms with E-state index in [1.807, 2.05) is 11.6 Å². The van der Waals surface area contributed by atoms with Gasteiger partial charge in [-0.15, -0.1) is 0 Å². The molecule has 0 aliphatic carbocycles. The zero-order chi connectivity index (χ0) is 13.3. The van der Waals surface area contributed by atoms with Crippen LogP contribution in [0, 0.1) is 5.92 Å². The van der Waals surface area contributed by atoms with Crippen LogP contribution >= 0.6 is 0 Å². The monoisotopic (exact) mass is 247 g/mol. The third-order valence-electron chi connectivity index (χ3n) is 3.01. The van der Waals surface area contributed by atoms with Gasteiger partial charge in [0.05, 0.1) is 18.2 Å². The largest absolute Gasteiger partial charge is 0.383 e. The first-order valence-electron chi connectivity index (χ1n) is 6.36. The minimum Gasteiger partial charge on any atom is -0.383 e. The number of aromatic nitrogens is 4. The van der Waals surface area contributed by atoms with Crippen LogP contribution in [0.3, 0.4) is 0 Å². The fraction of sp³-hybridized carbons (Fsp3) is 0.538. The maximum absolute atomic E-state index is 6.25. The molecule has 0 amide bonds. The molecule has 5 heteroatoms. The van der Waals surface area contributed by atoms with E-state index in [1.54, 1.807) is 12.5 Å². The summed E-state index contributed by atoms with van der Waals surface area (Å²) in [5.41, 5.74) is 8.05. The number of nitrogens with two attached hydrogens (primary N) is 1. The number of imidazole rings is 2. The van der Waals surface area contributed by atoms with Gasteiger partial charge in [-0.3, -0.25) is 0 Å². The number of nitrogen functional groups attached to an aromatic ring is 1. The average Bonchev–Trinajstić information content (AvgIpc) is 2.85. The second-order valence-corrected chi connectivity index (χ2v) is 5.01. The predicted molar refractivity (Wildman–Crippen MR) is 73.1 cm³/mol. The molecule has 0 atom stereocenters. The maximum atomic E-state index is 6.25. The van der Waals surface area contributed by atoms with Crippen LogP contribution in [0.25, 0.3) is 11.4 Å². The molecule has 0 saturated carbocycles. The predicted octanol–water partition coefficient (Wildman–Crippen LogP) is 2.08. The molecule has 0 fully saturated rings. The lowest BCUT2D eigenvalue weighted by molar-refractivity contribution is 0.513. The van der Waals surface area contributed by atoms with Crippen molar-refractivity contribution in [2.75, 3.05) is 5.73 Å². The average molecular weight is 247 g/mol. The molecule has 0 unspecified atom stereocenters. The maximum Gasteiger partial charge on any atom is 0.133 e. The van der Waals surface area contributed by atoms with Gasteiger partial charge in [0.15, 0.2) is 0 Å². The first kappa shape index (κ1) is 12.7. The van der Waals surface area contributed by atoms with Gasteiger partial charge in [-0.2, -0.15) is 0 Å². The van der Waals surface area contributed by atoms with Crippen molar-refractivity contribution in [2.24, 2.45) is 13.0 Å². The lowest BCUT2D eigenvalue weighted by Crippen LogP contribution is -2.11. The molecule has 0 aliphatic heterocycles. The van der Waals surface area contributed by atoms with Gasteiger partial charge in [-0.1, -0.05) is 20.8 Å². The van der Waals surface area contributed by atoms with E-state index in [4.69, 9.17) is 5.73 Å². The van der Waals surface area contributed by atoms with E-state index in [0.717, 1.165) is 36.0 Å². The summed E-state index contributed by atoms with van der Waals surface area (Å²) in [7, 11) is 1.95. The van der Waals surface area contributed by atoms with E-state index >= 15 is 0 Å². The summed E-state index contributed by atoms with van der Waals surface area (Å²) in [5, 5.41) is 0. The molecule has 0 aliphatic rings. The van der Waals surface area contributed by atoms with Gasteiger partial charge in [0.25, 0.3) is 0 Å². The topological polar surface area (TPSA) is 61.7 Å². The first-order chi connectivity index (χ1) is 8.54. The summed E-state index contributed by atoms with van der Waals surface area (Å²) < 4.78 is 4.06. The molecule has 18 heavy (non-hydrogen) atoms. The van der Waals surface area contributed by atoms with Crippen molar-refractivity contribution in [3.05, 3.63) is 18.3 Å². The SMILES string of the molecule is CCc1nc(-c2cncn2C)c(N)n1CC(C)C. The standard InChI is InChI=1S/C13H21N5/c1-5-11-16-12(10-6-15-8-17(10)4)13(14)18(11)7-9(2)3/h6,8-9H,5,7,14H2,1-4H3. The quantitative estimate of drug-likeness (QED) is 0.899. The number of aryl methyl sites for hydroxylation is 2. The Balaban J connectivity index is 2.51. The summed E-state index contributed by atoms with van der Waals surface area (Å²) >= 11 is 0. The number of nitrogens with zero attached hydrogens (tertiary/aromatic N) is 4. The van der Waals surface area contributed by atoms with Crippen LogP contribution in [-0.2, 0) is 20.0 Å². The lowest BCUT2D eigenvalue weighted by atomic mass is 10.2. The highest BCUT2D eigenvalue weighted by Gasteiger charge is 2.17. The van der Waals surface area contributed by atoms with Gasteiger partial charge in [0.2, 0.25) is 0 Å². The zero-order valence-electron chi connectivity index (χ0n) is 11.5. The summed E-state index contributed by atoms with van der Waals surface area (Å²) in [5.74, 6) is 2.33. The third kappa shape index (κ3) is 2.12. The van der Waals surface area contributed by atoms with Crippen molar-refractivity contribution in [2.45, 2.75) is 33.7 Å². The molecule has 0 saturated heterocycles. The molecule has 2 aromatic heterocycles. The molecule has 2 N–H and O–H groups in total. The van der Waals surface area contributed by atoms with Crippen LogP contribution in [0.2, 0.25) is 0 Å². The summed E-state index contributed by atoms with van der Waals surface area (Å²) in [6.07, 6.45) is 4.45. The lowest BCUT2D eigenvalue weighted by Gasteiger charge is -2.11. The molecular weight excluding hydrogens is 226 g/mol. The number of hydrogen-bond acceptors (Lipinski definition) is 3. The van der Waals surface area contributed by atoms with Crippen LogP contribution in [0.1, 0.15) is 26.6 Å². The minimum atomic E-state index is 0.547. The van der Waals surface area contributed by atoms with E-state index in [2.05, 4.69) is 35.3 Å². The molecular formula is C13H21N5. The van der Waals surface area contributed by atoms with Crippen LogP contribution < -0.4 is 5.73 Å². The number of anilines is 1. The molecule has 2 rings (SSSR count). The van der Waals surface area contributed by atoms with E-state index in [-0.39, 0.29) is 0 Å². The Labute approximate surface area is 108 Å². The van der Waals surface area contributed by atoms with Gasteiger partial charge in [-0.25, -0.2) is 9.97 Å². The third-order valence-corrected chi connectivity index (χ3v) is 3.01. The van der Waals surface area contributed by atoms with E-state index in [1.165, 1.54) is 0 Å².